The smallest absolute Gasteiger partial charge is 0.0541 e. The average molecular weight is 803 g/mol. The Morgan fingerprint density at radius 3 is 1.60 bits per heavy atom. The average Bonchev–Trinajstić information content (AvgIpc) is 3.86. The van der Waals surface area contributed by atoms with Gasteiger partial charge in [0.15, 0.2) is 0 Å². The highest BCUT2D eigenvalue weighted by Gasteiger charge is 2.18. The van der Waals surface area contributed by atoms with Crippen LogP contribution in [0.5, 0.6) is 0 Å². The molecule has 12 rings (SSSR count). The Hall–Kier alpha value is -8.20. The van der Waals surface area contributed by atoms with Crippen LogP contribution in [-0.2, 0) is 6.42 Å². The Morgan fingerprint density at radius 1 is 0.349 bits per heavy atom. The molecule has 0 N–H and O–H groups in total. The minimum absolute atomic E-state index is 0.863. The predicted molar refractivity (Wildman–Crippen MR) is 269 cm³/mol. The van der Waals surface area contributed by atoms with Crippen molar-refractivity contribution < 1.29 is 0 Å². The van der Waals surface area contributed by atoms with Crippen LogP contribution in [0.15, 0.2) is 237 Å². The highest BCUT2D eigenvalue weighted by molar-refractivity contribution is 6.13. The summed E-state index contributed by atoms with van der Waals surface area (Å²) in [7, 11) is 0. The van der Waals surface area contributed by atoms with E-state index in [2.05, 4.69) is 246 Å². The van der Waals surface area contributed by atoms with E-state index in [1.54, 1.807) is 0 Å². The second-order valence-electron chi connectivity index (χ2n) is 16.6. The third kappa shape index (κ3) is 6.26. The summed E-state index contributed by atoms with van der Waals surface area (Å²) in [6.45, 7) is 4.25. The van der Waals surface area contributed by atoms with E-state index >= 15 is 0 Å². The van der Waals surface area contributed by atoms with E-state index in [1.807, 2.05) is 0 Å². The first-order valence-corrected chi connectivity index (χ1v) is 21.7. The van der Waals surface area contributed by atoms with Crippen LogP contribution in [0.1, 0.15) is 11.1 Å². The lowest BCUT2D eigenvalue weighted by Gasteiger charge is -2.16. The van der Waals surface area contributed by atoms with Gasteiger partial charge in [-0.05, 0) is 134 Å². The standard InChI is InChI=1S/C61H42N2/c1-41-15-4-2-7-20-50-47(28-27-41)40-55(52-22-9-8-21-51(50)52)46-18-14-19-49(37-46)63-59-26-13-11-24-54(59)57-39-45(32-36-61(57)63)44-31-35-60-56(38-44)53-23-10-12-25-58(53)62(60)48-33-29-43(30-34-48)42-16-5-3-6-17-42/h2-19,21-40H,1,20H2/b7-2-,15-4-,28-27?. The number of hydrogen-bond donors (Lipinski definition) is 0. The zero-order valence-corrected chi connectivity index (χ0v) is 34.7. The molecule has 0 aliphatic heterocycles. The number of allylic oxidation sites excluding steroid dienone is 6. The van der Waals surface area contributed by atoms with Crippen LogP contribution in [0, 0.1) is 0 Å². The first-order chi connectivity index (χ1) is 31.2. The van der Waals surface area contributed by atoms with Gasteiger partial charge in [-0.25, -0.2) is 0 Å². The highest BCUT2D eigenvalue weighted by Crippen LogP contribution is 2.40. The molecule has 0 amide bonds. The van der Waals surface area contributed by atoms with Crippen molar-refractivity contribution >= 4 is 60.5 Å². The molecule has 11 aromatic rings. The Morgan fingerprint density at radius 2 is 0.905 bits per heavy atom. The van der Waals surface area contributed by atoms with Crippen LogP contribution in [0.25, 0.3) is 105 Å². The molecule has 2 heteroatoms. The summed E-state index contributed by atoms with van der Waals surface area (Å²) < 4.78 is 4.83. The number of fused-ring (bicyclic) bond motifs is 9. The largest absolute Gasteiger partial charge is 0.309 e. The zero-order chi connectivity index (χ0) is 41.9. The molecule has 63 heavy (non-hydrogen) atoms. The fourth-order valence-corrected chi connectivity index (χ4v) is 9.88. The molecule has 2 aromatic heterocycles. The van der Waals surface area contributed by atoms with Gasteiger partial charge in [-0.2, -0.15) is 0 Å². The van der Waals surface area contributed by atoms with Crippen molar-refractivity contribution in [3.8, 4) is 44.8 Å². The van der Waals surface area contributed by atoms with E-state index < -0.39 is 0 Å². The number of rotatable bonds is 5. The molecule has 0 unspecified atom stereocenters. The van der Waals surface area contributed by atoms with Crippen LogP contribution >= 0.6 is 0 Å². The van der Waals surface area contributed by atoms with Gasteiger partial charge in [0.2, 0.25) is 0 Å². The number of hydrogen-bond acceptors (Lipinski definition) is 0. The fourth-order valence-electron chi connectivity index (χ4n) is 9.88. The molecule has 1 aliphatic rings. The Labute approximate surface area is 366 Å². The summed E-state index contributed by atoms with van der Waals surface area (Å²) in [4.78, 5) is 0. The number of nitrogens with zero attached hydrogens (tertiary/aromatic N) is 2. The van der Waals surface area contributed by atoms with E-state index in [0.29, 0.717) is 0 Å². The summed E-state index contributed by atoms with van der Waals surface area (Å²) in [6, 6.07) is 71.3. The molecule has 2 heterocycles. The first kappa shape index (κ1) is 36.6. The van der Waals surface area contributed by atoms with Crippen molar-refractivity contribution in [1.82, 2.24) is 9.13 Å². The Kier molecular flexibility index (Phi) is 8.76. The van der Waals surface area contributed by atoms with Crippen LogP contribution in [0.4, 0.5) is 0 Å². The van der Waals surface area contributed by atoms with Crippen molar-refractivity contribution in [2.24, 2.45) is 0 Å². The topological polar surface area (TPSA) is 9.86 Å². The predicted octanol–water partition coefficient (Wildman–Crippen LogP) is 16.3. The lowest BCUT2D eigenvalue weighted by Crippen LogP contribution is -1.96. The van der Waals surface area contributed by atoms with Gasteiger partial charge in [0.1, 0.15) is 0 Å². The number of aromatic nitrogens is 2. The molecule has 0 spiro atoms. The second-order valence-corrected chi connectivity index (χ2v) is 16.6. The summed E-state index contributed by atoms with van der Waals surface area (Å²) in [6.07, 6.45) is 13.7. The minimum atomic E-state index is 0.863. The monoisotopic (exact) mass is 802 g/mol. The van der Waals surface area contributed by atoms with Crippen molar-refractivity contribution in [2.75, 3.05) is 0 Å². The third-order valence-corrected chi connectivity index (χ3v) is 12.9. The second kappa shape index (κ2) is 15.1. The molecular formula is C61H42N2. The summed E-state index contributed by atoms with van der Waals surface area (Å²) in [5.41, 5.74) is 17.9. The maximum atomic E-state index is 4.25. The number of para-hydroxylation sites is 2. The number of benzene rings is 9. The zero-order valence-electron chi connectivity index (χ0n) is 34.7. The SMILES string of the molecule is C=C1C=Cc2cc(-c3cccc(-n4c5ccccc5c5cc(-c6ccc7c(c6)c6ccccc6n7-c6ccc(-c7ccccc7)cc6)ccc54)c3)c3ccccc3c2C/C=C\C=C/1. The fraction of sp³-hybridized carbons (Fsp3) is 0.0164. The molecule has 0 saturated carbocycles. The van der Waals surface area contributed by atoms with Crippen LogP contribution in [0.2, 0.25) is 0 Å². The first-order valence-electron chi connectivity index (χ1n) is 21.7. The Bertz CT molecular complexity index is 3700. The van der Waals surface area contributed by atoms with Crippen molar-refractivity contribution in [3.05, 3.63) is 248 Å². The normalized spacial score (nSPS) is 13.9. The summed E-state index contributed by atoms with van der Waals surface area (Å²) in [5.74, 6) is 0. The molecule has 0 radical (unpaired) electrons. The van der Waals surface area contributed by atoms with E-state index in [0.717, 1.165) is 23.4 Å². The van der Waals surface area contributed by atoms with Crippen molar-refractivity contribution in [1.29, 1.82) is 0 Å². The molecule has 0 saturated heterocycles. The van der Waals surface area contributed by atoms with Crippen molar-refractivity contribution in [3.63, 3.8) is 0 Å². The third-order valence-electron chi connectivity index (χ3n) is 12.9. The van der Waals surface area contributed by atoms with E-state index in [1.165, 1.54) is 98.9 Å². The van der Waals surface area contributed by atoms with Gasteiger partial charge in [-0.15, -0.1) is 0 Å². The maximum absolute atomic E-state index is 4.25. The summed E-state index contributed by atoms with van der Waals surface area (Å²) >= 11 is 0. The van der Waals surface area contributed by atoms with Crippen LogP contribution in [0.3, 0.4) is 0 Å². The maximum Gasteiger partial charge on any atom is 0.0541 e. The minimum Gasteiger partial charge on any atom is -0.309 e. The Balaban J connectivity index is 0.966. The van der Waals surface area contributed by atoms with Gasteiger partial charge in [0.05, 0.1) is 22.1 Å². The van der Waals surface area contributed by atoms with E-state index in [-0.39, 0.29) is 0 Å². The molecule has 296 valence electrons. The van der Waals surface area contributed by atoms with E-state index in [4.69, 9.17) is 0 Å². The lowest BCUT2D eigenvalue weighted by atomic mass is 9.89. The molecule has 9 aromatic carbocycles. The van der Waals surface area contributed by atoms with Crippen LogP contribution in [-0.4, -0.2) is 9.13 Å². The summed E-state index contributed by atoms with van der Waals surface area (Å²) in [5, 5.41) is 7.51. The quantitative estimate of drug-likeness (QED) is 0.164. The molecule has 0 bridgehead atoms. The van der Waals surface area contributed by atoms with E-state index in [9.17, 15) is 0 Å². The van der Waals surface area contributed by atoms with Gasteiger partial charge >= 0.3 is 0 Å². The molecule has 0 atom stereocenters. The lowest BCUT2D eigenvalue weighted by molar-refractivity contribution is 1.18. The molecule has 1 aliphatic carbocycles. The van der Waals surface area contributed by atoms with Gasteiger partial charge in [-0.1, -0.05) is 170 Å². The van der Waals surface area contributed by atoms with Gasteiger partial charge < -0.3 is 9.13 Å². The molecule has 0 fully saturated rings. The highest BCUT2D eigenvalue weighted by atomic mass is 15.0. The molecular weight excluding hydrogens is 761 g/mol. The van der Waals surface area contributed by atoms with Gasteiger partial charge in [0.25, 0.3) is 0 Å². The molecule has 2 nitrogen and oxygen atoms in total. The van der Waals surface area contributed by atoms with Crippen LogP contribution < -0.4 is 0 Å². The van der Waals surface area contributed by atoms with Gasteiger partial charge in [0, 0.05) is 32.9 Å². The van der Waals surface area contributed by atoms with Gasteiger partial charge in [-0.3, -0.25) is 0 Å². The van der Waals surface area contributed by atoms with Crippen molar-refractivity contribution in [2.45, 2.75) is 6.42 Å².